The van der Waals surface area contributed by atoms with E-state index < -0.39 is 23.2 Å². The van der Waals surface area contributed by atoms with Crippen molar-refractivity contribution in [2.24, 2.45) is 5.41 Å². The highest BCUT2D eigenvalue weighted by molar-refractivity contribution is 6.30. The van der Waals surface area contributed by atoms with Gasteiger partial charge in [0.25, 0.3) is 5.92 Å². The first kappa shape index (κ1) is 22.7. The van der Waals surface area contributed by atoms with Gasteiger partial charge in [-0.25, -0.2) is 13.2 Å². The minimum Gasteiger partial charge on any atom is -0.493 e. The quantitative estimate of drug-likeness (QED) is 0.421. The highest BCUT2D eigenvalue weighted by Gasteiger charge is 2.74. The lowest BCUT2D eigenvalue weighted by atomic mass is 9.87. The predicted molar refractivity (Wildman–Crippen MR) is 121 cm³/mol. The van der Waals surface area contributed by atoms with Gasteiger partial charge in [0.05, 0.1) is 29.1 Å². The number of halogens is 4. The predicted octanol–water partition coefficient (Wildman–Crippen LogP) is 6.13. The van der Waals surface area contributed by atoms with Gasteiger partial charge in [-0.3, -0.25) is 4.98 Å². The Labute approximate surface area is 190 Å². The lowest BCUT2D eigenvalue weighted by molar-refractivity contribution is 0.0554. The van der Waals surface area contributed by atoms with Crippen LogP contribution in [-0.4, -0.2) is 31.1 Å². The number of fused-ring (bicyclic) bond motifs is 1. The lowest BCUT2D eigenvalue weighted by Crippen LogP contribution is -2.37. The normalized spacial score (nSPS) is 20.2. The van der Waals surface area contributed by atoms with Gasteiger partial charge in [0.1, 0.15) is 0 Å². The number of pyridine rings is 1. The van der Waals surface area contributed by atoms with Gasteiger partial charge in [-0.1, -0.05) is 30.7 Å². The van der Waals surface area contributed by atoms with Crippen LogP contribution in [-0.2, 0) is 0 Å². The molecular weight excluding hydrogens is 439 g/mol. The smallest absolute Gasteiger partial charge is 0.258 e. The number of methoxy groups -OCH3 is 1. The summed E-state index contributed by atoms with van der Waals surface area (Å²) in [4.78, 5) is 4.53. The minimum absolute atomic E-state index is 0.0592. The van der Waals surface area contributed by atoms with Crippen LogP contribution in [0.5, 0.6) is 5.75 Å². The molecule has 1 aliphatic rings. The molecule has 0 aliphatic heterocycles. The van der Waals surface area contributed by atoms with Gasteiger partial charge in [0.2, 0.25) is 0 Å². The second kappa shape index (κ2) is 8.45. The number of nitrogens with zero attached hydrogens (tertiary/aromatic N) is 1. The molecule has 2 aromatic carbocycles. The first-order valence-electron chi connectivity index (χ1n) is 10.5. The fourth-order valence-corrected chi connectivity index (χ4v) is 4.49. The molecule has 170 valence electrons. The number of rotatable bonds is 8. The van der Waals surface area contributed by atoms with Crippen LogP contribution in [0.3, 0.4) is 0 Å². The van der Waals surface area contributed by atoms with Crippen molar-refractivity contribution in [2.75, 3.05) is 25.5 Å². The molecule has 1 saturated carbocycles. The number of hydrogen-bond acceptors (Lipinski definition) is 4. The van der Waals surface area contributed by atoms with E-state index >= 15 is 0 Å². The minimum atomic E-state index is -2.94. The van der Waals surface area contributed by atoms with Crippen molar-refractivity contribution in [3.8, 4) is 5.75 Å². The molecule has 2 N–H and O–H groups in total. The van der Waals surface area contributed by atoms with Crippen molar-refractivity contribution in [3.63, 3.8) is 0 Å². The lowest BCUT2D eigenvalue weighted by Gasteiger charge is -2.31. The molecule has 0 saturated heterocycles. The van der Waals surface area contributed by atoms with Crippen LogP contribution in [0.4, 0.5) is 18.9 Å². The zero-order valence-electron chi connectivity index (χ0n) is 18.1. The summed E-state index contributed by atoms with van der Waals surface area (Å²) in [6, 6.07) is 11.2. The van der Waals surface area contributed by atoms with E-state index in [1.165, 1.54) is 13.2 Å². The zero-order chi connectivity index (χ0) is 23.1. The zero-order valence-corrected chi connectivity index (χ0v) is 18.9. The molecule has 0 amide bonds. The van der Waals surface area contributed by atoms with E-state index in [1.54, 1.807) is 6.07 Å². The third-order valence-corrected chi connectivity index (χ3v) is 6.44. The Hall–Kier alpha value is -2.51. The Morgan fingerprint density at radius 3 is 2.59 bits per heavy atom. The maximum atomic E-state index is 14.9. The van der Waals surface area contributed by atoms with Crippen molar-refractivity contribution in [1.82, 2.24) is 10.3 Å². The maximum absolute atomic E-state index is 14.9. The average molecular weight is 464 g/mol. The van der Waals surface area contributed by atoms with Crippen LogP contribution < -0.4 is 15.4 Å². The Morgan fingerprint density at radius 1 is 1.19 bits per heavy atom. The largest absolute Gasteiger partial charge is 0.493 e. The van der Waals surface area contributed by atoms with Crippen LogP contribution in [0.15, 0.2) is 42.5 Å². The monoisotopic (exact) mass is 463 g/mol. The number of anilines is 1. The Balaban J connectivity index is 1.88. The highest BCUT2D eigenvalue weighted by Crippen LogP contribution is 2.67. The third-order valence-electron chi connectivity index (χ3n) is 6.15. The van der Waals surface area contributed by atoms with Gasteiger partial charge in [0, 0.05) is 35.3 Å². The standard InChI is InChI=1S/C24H25ClF3N3O/c1-4-29-13-23(12-24(23,27)28)22(16-10-11-17(25)20(26)21(16)32-3)31-19-7-5-6-18-15(19)9-8-14(2)30-18/h5-11,22,29,31H,4,12-13H2,1-3H3. The fraction of sp³-hybridized carbons (Fsp3) is 0.375. The number of alkyl halides is 2. The molecule has 0 bridgehead atoms. The number of benzene rings is 2. The summed E-state index contributed by atoms with van der Waals surface area (Å²) in [5.74, 6) is -3.84. The number of hydrogen-bond donors (Lipinski definition) is 2. The molecule has 8 heteroatoms. The molecule has 1 fully saturated rings. The second-order valence-corrected chi connectivity index (χ2v) is 8.61. The molecule has 3 aromatic rings. The van der Waals surface area contributed by atoms with Crippen molar-refractivity contribution in [1.29, 1.82) is 0 Å². The molecule has 32 heavy (non-hydrogen) atoms. The van der Waals surface area contributed by atoms with E-state index in [-0.39, 0.29) is 23.7 Å². The molecule has 1 aliphatic carbocycles. The Bertz CT molecular complexity index is 1160. The summed E-state index contributed by atoms with van der Waals surface area (Å²) >= 11 is 5.95. The van der Waals surface area contributed by atoms with E-state index in [9.17, 15) is 13.2 Å². The van der Waals surface area contributed by atoms with Crippen molar-refractivity contribution >= 4 is 28.2 Å². The summed E-state index contributed by atoms with van der Waals surface area (Å²) in [7, 11) is 1.31. The average Bonchev–Trinajstić information content (AvgIpc) is 3.33. The first-order chi connectivity index (χ1) is 15.2. The summed E-state index contributed by atoms with van der Waals surface area (Å²) < 4.78 is 50.0. The molecule has 2 atom stereocenters. The van der Waals surface area contributed by atoms with E-state index in [0.717, 1.165) is 16.6 Å². The van der Waals surface area contributed by atoms with Gasteiger partial charge in [-0.15, -0.1) is 0 Å². The first-order valence-corrected chi connectivity index (χ1v) is 10.8. The summed E-state index contributed by atoms with van der Waals surface area (Å²) in [5, 5.41) is 7.02. The molecule has 2 unspecified atom stereocenters. The molecule has 1 aromatic heterocycles. The molecule has 4 nitrogen and oxygen atoms in total. The Kier molecular flexibility index (Phi) is 5.98. The number of nitrogens with one attached hydrogen (secondary N) is 2. The maximum Gasteiger partial charge on any atom is 0.258 e. The summed E-state index contributed by atoms with van der Waals surface area (Å²) in [6.45, 7) is 4.34. The van der Waals surface area contributed by atoms with Crippen LogP contribution >= 0.6 is 11.6 Å². The SMILES string of the molecule is CCNCC1(C(Nc2cccc3nc(C)ccc23)c2ccc(Cl)c(F)c2OC)CC1(F)F. The van der Waals surface area contributed by atoms with E-state index in [4.69, 9.17) is 16.3 Å². The van der Waals surface area contributed by atoms with Crippen LogP contribution in [0, 0.1) is 18.2 Å². The third kappa shape index (κ3) is 3.77. The van der Waals surface area contributed by atoms with E-state index in [2.05, 4.69) is 15.6 Å². The fourth-order valence-electron chi connectivity index (χ4n) is 4.34. The topological polar surface area (TPSA) is 46.2 Å². The van der Waals surface area contributed by atoms with Crippen molar-refractivity contribution in [2.45, 2.75) is 32.2 Å². The van der Waals surface area contributed by atoms with Crippen LogP contribution in [0.2, 0.25) is 5.02 Å². The summed E-state index contributed by atoms with van der Waals surface area (Å²) in [5.41, 5.74) is 1.06. The van der Waals surface area contributed by atoms with Crippen LogP contribution in [0.25, 0.3) is 10.9 Å². The second-order valence-electron chi connectivity index (χ2n) is 8.20. The number of ether oxygens (including phenoxy) is 1. The van der Waals surface area contributed by atoms with E-state index in [0.29, 0.717) is 17.8 Å². The van der Waals surface area contributed by atoms with Gasteiger partial charge >= 0.3 is 0 Å². The molecule has 4 rings (SSSR count). The summed E-state index contributed by atoms with van der Waals surface area (Å²) in [6.07, 6.45) is -0.333. The molecule has 1 heterocycles. The molecule has 0 spiro atoms. The number of aromatic nitrogens is 1. The van der Waals surface area contributed by atoms with Gasteiger partial charge in [-0.05, 0) is 43.8 Å². The number of aryl methyl sites for hydroxylation is 1. The van der Waals surface area contributed by atoms with Gasteiger partial charge in [-0.2, -0.15) is 0 Å². The van der Waals surface area contributed by atoms with Crippen LogP contribution in [0.1, 0.15) is 30.6 Å². The van der Waals surface area contributed by atoms with Gasteiger partial charge < -0.3 is 15.4 Å². The van der Waals surface area contributed by atoms with Crippen molar-refractivity contribution in [3.05, 3.63) is 64.6 Å². The molecular formula is C24H25ClF3N3O. The van der Waals surface area contributed by atoms with Gasteiger partial charge in [0.15, 0.2) is 11.6 Å². The van der Waals surface area contributed by atoms with Crippen molar-refractivity contribution < 1.29 is 17.9 Å². The van der Waals surface area contributed by atoms with E-state index in [1.807, 2.05) is 44.2 Å². The highest BCUT2D eigenvalue weighted by atomic mass is 35.5. The Morgan fingerprint density at radius 2 is 1.94 bits per heavy atom. The molecule has 0 radical (unpaired) electrons.